The maximum atomic E-state index is 5.35. The molecule has 0 bridgehead atoms. The van der Waals surface area contributed by atoms with Gasteiger partial charge in [-0.2, -0.15) is 5.10 Å². The molecule has 42 valence electrons. The van der Waals surface area contributed by atoms with Crippen LogP contribution in [0.5, 0.6) is 0 Å². The molecule has 0 aromatic heterocycles. The van der Waals surface area contributed by atoms with Crippen molar-refractivity contribution in [3.63, 3.8) is 0 Å². The molecule has 0 aromatic rings. The van der Waals surface area contributed by atoms with Crippen LogP contribution in [0, 0.1) is 0 Å². The van der Waals surface area contributed by atoms with Gasteiger partial charge in [-0.1, -0.05) is 6.92 Å². The van der Waals surface area contributed by atoms with Crippen LogP contribution in [0.2, 0.25) is 0 Å². The Morgan fingerprint density at radius 3 is 2.57 bits per heavy atom. The Morgan fingerprint density at radius 2 is 2.43 bits per heavy atom. The molecule has 3 nitrogen and oxygen atoms in total. The van der Waals surface area contributed by atoms with Crippen LogP contribution in [0.15, 0.2) is 5.10 Å². The van der Waals surface area contributed by atoms with E-state index in [1.165, 1.54) is 6.21 Å². The number of rotatable bonds is 2. The Hall–Kier alpha value is -0.570. The lowest BCUT2D eigenvalue weighted by molar-refractivity contribution is 0.830. The number of hydrazone groups is 1. The van der Waals surface area contributed by atoms with Crippen molar-refractivity contribution in [2.24, 2.45) is 16.7 Å². The Kier molecular flexibility index (Phi) is 3.32. The molecule has 0 saturated carbocycles. The van der Waals surface area contributed by atoms with Crippen LogP contribution in [-0.4, -0.2) is 12.3 Å². The first-order chi connectivity index (χ1) is 3.31. The van der Waals surface area contributed by atoms with Crippen molar-refractivity contribution >= 4 is 6.21 Å². The van der Waals surface area contributed by atoms with E-state index in [4.69, 9.17) is 11.6 Å². The second-order valence-electron chi connectivity index (χ2n) is 1.37. The molecule has 0 spiro atoms. The standard InChI is InChI=1S/C4H11N3/c1-2-4(5)3-7-6/h3-4H,2,5-6H2,1H3/b7-3+. The van der Waals surface area contributed by atoms with E-state index in [9.17, 15) is 0 Å². The van der Waals surface area contributed by atoms with E-state index in [1.54, 1.807) is 0 Å². The SMILES string of the molecule is CCC(N)/C=N/N. The number of hydrogen-bond donors (Lipinski definition) is 2. The minimum atomic E-state index is 0.0324. The topological polar surface area (TPSA) is 64.4 Å². The minimum absolute atomic E-state index is 0.0324. The van der Waals surface area contributed by atoms with Gasteiger partial charge in [0.05, 0.1) is 0 Å². The second-order valence-corrected chi connectivity index (χ2v) is 1.37. The molecule has 3 heteroatoms. The molecular weight excluding hydrogens is 90.1 g/mol. The Balaban J connectivity index is 3.16. The van der Waals surface area contributed by atoms with Gasteiger partial charge in [0, 0.05) is 12.3 Å². The summed E-state index contributed by atoms with van der Waals surface area (Å²) in [6.45, 7) is 1.98. The molecule has 0 rings (SSSR count). The van der Waals surface area contributed by atoms with Crippen LogP contribution in [0.1, 0.15) is 13.3 Å². The smallest absolute Gasteiger partial charge is 0.0414 e. The van der Waals surface area contributed by atoms with Gasteiger partial charge in [-0.3, -0.25) is 0 Å². The first-order valence-corrected chi connectivity index (χ1v) is 2.30. The van der Waals surface area contributed by atoms with Crippen molar-refractivity contribution in [3.05, 3.63) is 0 Å². The average Bonchev–Trinajstić information content (AvgIpc) is 1.68. The molecular formula is C4H11N3. The molecule has 0 aliphatic carbocycles. The van der Waals surface area contributed by atoms with Crippen molar-refractivity contribution < 1.29 is 0 Å². The van der Waals surface area contributed by atoms with E-state index in [2.05, 4.69) is 5.10 Å². The molecule has 0 saturated heterocycles. The predicted molar refractivity (Wildman–Crippen MR) is 30.9 cm³/mol. The first kappa shape index (κ1) is 6.43. The van der Waals surface area contributed by atoms with Crippen LogP contribution >= 0.6 is 0 Å². The molecule has 0 aliphatic rings. The third-order valence-corrected chi connectivity index (χ3v) is 0.749. The van der Waals surface area contributed by atoms with Crippen LogP contribution in [0.3, 0.4) is 0 Å². The number of nitrogens with zero attached hydrogens (tertiary/aromatic N) is 1. The molecule has 7 heavy (non-hydrogen) atoms. The Morgan fingerprint density at radius 1 is 1.86 bits per heavy atom. The van der Waals surface area contributed by atoms with Crippen molar-refractivity contribution in [1.82, 2.24) is 0 Å². The van der Waals surface area contributed by atoms with Gasteiger partial charge in [0.2, 0.25) is 0 Å². The molecule has 1 unspecified atom stereocenters. The number of nitrogens with two attached hydrogens (primary N) is 2. The van der Waals surface area contributed by atoms with Crippen molar-refractivity contribution in [2.75, 3.05) is 0 Å². The molecule has 1 atom stereocenters. The Labute approximate surface area is 43.4 Å². The van der Waals surface area contributed by atoms with Crippen LogP contribution in [0.4, 0.5) is 0 Å². The zero-order valence-corrected chi connectivity index (χ0v) is 4.46. The van der Waals surface area contributed by atoms with E-state index in [0.717, 1.165) is 6.42 Å². The summed E-state index contributed by atoms with van der Waals surface area (Å²) in [4.78, 5) is 0. The van der Waals surface area contributed by atoms with Gasteiger partial charge < -0.3 is 11.6 Å². The van der Waals surface area contributed by atoms with Crippen molar-refractivity contribution in [1.29, 1.82) is 0 Å². The molecule has 0 radical (unpaired) electrons. The fraction of sp³-hybridized carbons (Fsp3) is 0.750. The fourth-order valence-corrected chi connectivity index (χ4v) is 0.216. The highest BCUT2D eigenvalue weighted by atomic mass is 15.1. The predicted octanol–water partition coefficient (Wildman–Crippen LogP) is -0.332. The summed E-state index contributed by atoms with van der Waals surface area (Å²) < 4.78 is 0. The van der Waals surface area contributed by atoms with E-state index >= 15 is 0 Å². The second kappa shape index (κ2) is 3.61. The lowest BCUT2D eigenvalue weighted by Crippen LogP contribution is -2.20. The first-order valence-electron chi connectivity index (χ1n) is 2.30. The highest BCUT2D eigenvalue weighted by Gasteiger charge is 1.88. The summed E-state index contributed by atoms with van der Waals surface area (Å²) in [5.41, 5.74) is 5.35. The van der Waals surface area contributed by atoms with Gasteiger partial charge in [-0.05, 0) is 6.42 Å². The molecule has 4 N–H and O–H groups in total. The highest BCUT2D eigenvalue weighted by molar-refractivity contribution is 5.63. The molecule has 0 amide bonds. The summed E-state index contributed by atoms with van der Waals surface area (Å²) in [7, 11) is 0. The van der Waals surface area contributed by atoms with E-state index < -0.39 is 0 Å². The van der Waals surface area contributed by atoms with Gasteiger partial charge in [0.1, 0.15) is 0 Å². The van der Waals surface area contributed by atoms with Crippen molar-refractivity contribution in [3.8, 4) is 0 Å². The van der Waals surface area contributed by atoms with E-state index in [0.29, 0.717) is 0 Å². The zero-order chi connectivity index (χ0) is 5.70. The maximum absolute atomic E-state index is 5.35. The van der Waals surface area contributed by atoms with E-state index in [1.807, 2.05) is 6.92 Å². The summed E-state index contributed by atoms with van der Waals surface area (Å²) in [6, 6.07) is 0.0324. The van der Waals surface area contributed by atoms with Gasteiger partial charge in [0.15, 0.2) is 0 Å². The molecule has 0 aromatic carbocycles. The molecule has 0 heterocycles. The lowest BCUT2D eigenvalue weighted by atomic mass is 10.3. The summed E-state index contributed by atoms with van der Waals surface area (Å²) >= 11 is 0. The molecule has 0 aliphatic heterocycles. The van der Waals surface area contributed by atoms with Crippen molar-refractivity contribution in [2.45, 2.75) is 19.4 Å². The normalized spacial score (nSPS) is 15.1. The number of hydrogen-bond acceptors (Lipinski definition) is 3. The minimum Gasteiger partial charge on any atom is -0.324 e. The fourth-order valence-electron chi connectivity index (χ4n) is 0.216. The third kappa shape index (κ3) is 3.26. The largest absolute Gasteiger partial charge is 0.324 e. The lowest BCUT2D eigenvalue weighted by Gasteiger charge is -1.95. The van der Waals surface area contributed by atoms with Crippen LogP contribution in [-0.2, 0) is 0 Å². The monoisotopic (exact) mass is 101 g/mol. The van der Waals surface area contributed by atoms with Gasteiger partial charge in [-0.15, -0.1) is 0 Å². The van der Waals surface area contributed by atoms with Crippen LogP contribution in [0.25, 0.3) is 0 Å². The third-order valence-electron chi connectivity index (χ3n) is 0.749. The highest BCUT2D eigenvalue weighted by Crippen LogP contribution is 1.77. The van der Waals surface area contributed by atoms with Crippen LogP contribution < -0.4 is 11.6 Å². The zero-order valence-electron chi connectivity index (χ0n) is 4.46. The molecule has 0 fully saturated rings. The quantitative estimate of drug-likeness (QED) is 0.284. The average molecular weight is 101 g/mol. The van der Waals surface area contributed by atoms with Gasteiger partial charge >= 0.3 is 0 Å². The summed E-state index contributed by atoms with van der Waals surface area (Å²) in [6.07, 6.45) is 2.42. The van der Waals surface area contributed by atoms with Gasteiger partial charge in [0.25, 0.3) is 0 Å². The summed E-state index contributed by atoms with van der Waals surface area (Å²) in [5, 5.41) is 3.26. The van der Waals surface area contributed by atoms with E-state index in [-0.39, 0.29) is 6.04 Å². The maximum Gasteiger partial charge on any atom is 0.0414 e. The van der Waals surface area contributed by atoms with Gasteiger partial charge in [-0.25, -0.2) is 0 Å². The Bertz CT molecular complexity index is 60.0. The summed E-state index contributed by atoms with van der Waals surface area (Å²) in [5.74, 6) is 4.79.